The lowest BCUT2D eigenvalue weighted by atomic mass is 9.77. The molecule has 0 aromatic heterocycles. The summed E-state index contributed by atoms with van der Waals surface area (Å²) in [6.07, 6.45) is 12.6. The molecule has 1 aliphatic carbocycles. The molecule has 0 spiro atoms. The van der Waals surface area contributed by atoms with Gasteiger partial charge in [-0.1, -0.05) is 24.3 Å². The van der Waals surface area contributed by atoms with Crippen LogP contribution in [-0.4, -0.2) is 6.61 Å². The lowest BCUT2D eigenvalue weighted by Gasteiger charge is -2.28. The van der Waals surface area contributed by atoms with Crippen molar-refractivity contribution in [2.75, 3.05) is 6.61 Å². The molecule has 0 saturated heterocycles. The van der Waals surface area contributed by atoms with E-state index in [1.165, 1.54) is 44.1 Å². The lowest BCUT2D eigenvalue weighted by molar-refractivity contribution is 0.311. The normalized spacial score (nSPS) is 23.1. The van der Waals surface area contributed by atoms with Crippen LogP contribution in [0.1, 0.15) is 63.9 Å². The lowest BCUT2D eigenvalue weighted by Crippen LogP contribution is -2.13. The van der Waals surface area contributed by atoms with Crippen LogP contribution in [0.5, 0.6) is 5.75 Å². The van der Waals surface area contributed by atoms with Gasteiger partial charge in [0.2, 0.25) is 0 Å². The highest BCUT2D eigenvalue weighted by Crippen LogP contribution is 2.37. The van der Waals surface area contributed by atoms with Crippen LogP contribution in [0.2, 0.25) is 0 Å². The van der Waals surface area contributed by atoms with Crippen LogP contribution in [0.4, 0.5) is 0 Å². The van der Waals surface area contributed by atoms with Crippen molar-refractivity contribution >= 4 is 0 Å². The van der Waals surface area contributed by atoms with Gasteiger partial charge in [0, 0.05) is 0 Å². The van der Waals surface area contributed by atoms with Crippen LogP contribution in [0, 0.1) is 5.92 Å². The highest BCUT2D eigenvalue weighted by molar-refractivity contribution is 5.29. The van der Waals surface area contributed by atoms with Gasteiger partial charge in [0.25, 0.3) is 0 Å². The zero-order valence-electron chi connectivity index (χ0n) is 13.0. The fourth-order valence-electron chi connectivity index (χ4n) is 3.29. The molecule has 0 radical (unpaired) electrons. The van der Waals surface area contributed by atoms with Gasteiger partial charge in [0.15, 0.2) is 0 Å². The standard InChI is InChI=1S/C19H28O/c1-3-5-6-7-16-8-10-17(11-9-16)18-12-14-19(15-13-18)20-4-2/h3,5,12-17H,4,6-11H2,1-2H3/b5-3+/t16-,17-. The van der Waals surface area contributed by atoms with Crippen molar-refractivity contribution in [3.05, 3.63) is 42.0 Å². The minimum atomic E-state index is 0.747. The van der Waals surface area contributed by atoms with Crippen molar-refractivity contribution in [2.24, 2.45) is 5.92 Å². The number of rotatable bonds is 6. The molecule has 0 heterocycles. The molecule has 1 aromatic carbocycles. The van der Waals surface area contributed by atoms with Gasteiger partial charge in [-0.25, -0.2) is 0 Å². The van der Waals surface area contributed by atoms with Crippen LogP contribution >= 0.6 is 0 Å². The van der Waals surface area contributed by atoms with Crippen LogP contribution in [0.25, 0.3) is 0 Å². The average molecular weight is 272 g/mol. The molecule has 0 amide bonds. The van der Waals surface area contributed by atoms with Gasteiger partial charge in [0.05, 0.1) is 6.61 Å². The van der Waals surface area contributed by atoms with Crippen molar-refractivity contribution in [1.82, 2.24) is 0 Å². The molecule has 1 fully saturated rings. The maximum Gasteiger partial charge on any atom is 0.119 e. The number of allylic oxidation sites excluding steroid dienone is 2. The zero-order valence-corrected chi connectivity index (χ0v) is 13.0. The summed E-state index contributed by atoms with van der Waals surface area (Å²) in [5.41, 5.74) is 1.50. The number of hydrogen-bond donors (Lipinski definition) is 0. The quantitative estimate of drug-likeness (QED) is 0.602. The first-order valence-corrected chi connectivity index (χ1v) is 8.17. The van der Waals surface area contributed by atoms with E-state index in [0.29, 0.717) is 0 Å². The Balaban J connectivity index is 1.80. The molecule has 0 bridgehead atoms. The second-order valence-corrected chi connectivity index (χ2v) is 5.87. The summed E-state index contributed by atoms with van der Waals surface area (Å²) in [6.45, 7) is 4.89. The first-order chi connectivity index (χ1) is 9.83. The maximum atomic E-state index is 5.51. The van der Waals surface area contributed by atoms with Gasteiger partial charge in [-0.15, -0.1) is 0 Å². The summed E-state index contributed by atoms with van der Waals surface area (Å²) < 4.78 is 5.51. The van der Waals surface area contributed by atoms with Crippen molar-refractivity contribution in [3.63, 3.8) is 0 Å². The Morgan fingerprint density at radius 2 is 1.80 bits per heavy atom. The van der Waals surface area contributed by atoms with E-state index < -0.39 is 0 Å². The fourth-order valence-corrected chi connectivity index (χ4v) is 3.29. The van der Waals surface area contributed by atoms with E-state index in [1.54, 1.807) is 0 Å². The second kappa shape index (κ2) is 8.14. The summed E-state index contributed by atoms with van der Waals surface area (Å²) in [5.74, 6) is 2.71. The first-order valence-electron chi connectivity index (χ1n) is 8.17. The van der Waals surface area contributed by atoms with E-state index in [1.807, 2.05) is 6.92 Å². The Labute approximate surface area is 124 Å². The Bertz CT molecular complexity index is 396. The summed E-state index contributed by atoms with van der Waals surface area (Å²) in [5, 5.41) is 0. The van der Waals surface area contributed by atoms with E-state index in [-0.39, 0.29) is 0 Å². The van der Waals surface area contributed by atoms with E-state index >= 15 is 0 Å². The highest BCUT2D eigenvalue weighted by Gasteiger charge is 2.21. The molecule has 110 valence electrons. The molecular formula is C19H28O. The van der Waals surface area contributed by atoms with Crippen molar-refractivity contribution in [1.29, 1.82) is 0 Å². The molecular weight excluding hydrogens is 244 g/mol. The molecule has 0 unspecified atom stereocenters. The van der Waals surface area contributed by atoms with Crippen LogP contribution in [-0.2, 0) is 0 Å². The average Bonchev–Trinajstić information content (AvgIpc) is 2.49. The SMILES string of the molecule is C/C=C/CC[C@H]1CC[C@H](c2ccc(OCC)cc2)CC1. The number of ether oxygens (including phenoxy) is 1. The Morgan fingerprint density at radius 3 is 2.40 bits per heavy atom. The highest BCUT2D eigenvalue weighted by atomic mass is 16.5. The molecule has 1 aromatic rings. The smallest absolute Gasteiger partial charge is 0.119 e. The molecule has 0 aliphatic heterocycles. The van der Waals surface area contributed by atoms with E-state index in [2.05, 4.69) is 43.3 Å². The van der Waals surface area contributed by atoms with Crippen LogP contribution in [0.3, 0.4) is 0 Å². The Kier molecular flexibility index (Phi) is 6.17. The number of benzene rings is 1. The van der Waals surface area contributed by atoms with Gasteiger partial charge in [-0.3, -0.25) is 0 Å². The molecule has 1 saturated carbocycles. The van der Waals surface area contributed by atoms with Crippen molar-refractivity contribution in [2.45, 2.75) is 58.3 Å². The molecule has 2 rings (SSSR count). The Morgan fingerprint density at radius 1 is 1.10 bits per heavy atom. The third-order valence-corrected chi connectivity index (χ3v) is 4.49. The van der Waals surface area contributed by atoms with Crippen LogP contribution in [0.15, 0.2) is 36.4 Å². The summed E-state index contributed by atoms with van der Waals surface area (Å²) in [7, 11) is 0. The van der Waals surface area contributed by atoms with Gasteiger partial charge in [-0.05, 0) is 81.9 Å². The largest absolute Gasteiger partial charge is 0.494 e. The second-order valence-electron chi connectivity index (χ2n) is 5.87. The molecule has 0 atom stereocenters. The van der Waals surface area contributed by atoms with E-state index in [0.717, 1.165) is 24.2 Å². The molecule has 20 heavy (non-hydrogen) atoms. The third-order valence-electron chi connectivity index (χ3n) is 4.49. The zero-order chi connectivity index (χ0) is 14.2. The number of hydrogen-bond acceptors (Lipinski definition) is 1. The van der Waals surface area contributed by atoms with E-state index in [4.69, 9.17) is 4.74 Å². The predicted octanol–water partition coefficient (Wildman–Crippen LogP) is 5.72. The van der Waals surface area contributed by atoms with Gasteiger partial charge in [0.1, 0.15) is 5.75 Å². The van der Waals surface area contributed by atoms with Crippen LogP contribution < -0.4 is 4.74 Å². The van der Waals surface area contributed by atoms with Crippen molar-refractivity contribution < 1.29 is 4.74 Å². The van der Waals surface area contributed by atoms with Gasteiger partial charge in [-0.2, -0.15) is 0 Å². The Hall–Kier alpha value is -1.24. The summed E-state index contributed by atoms with van der Waals surface area (Å²) >= 11 is 0. The maximum absolute atomic E-state index is 5.51. The molecule has 1 nitrogen and oxygen atoms in total. The minimum absolute atomic E-state index is 0.747. The summed E-state index contributed by atoms with van der Waals surface area (Å²) in [6, 6.07) is 8.76. The fraction of sp³-hybridized carbons (Fsp3) is 0.579. The third kappa shape index (κ3) is 4.40. The predicted molar refractivity (Wildman–Crippen MR) is 86.4 cm³/mol. The summed E-state index contributed by atoms with van der Waals surface area (Å²) in [4.78, 5) is 0. The van der Waals surface area contributed by atoms with Gasteiger partial charge < -0.3 is 4.74 Å². The monoisotopic (exact) mass is 272 g/mol. The van der Waals surface area contributed by atoms with Gasteiger partial charge >= 0.3 is 0 Å². The van der Waals surface area contributed by atoms with Crippen molar-refractivity contribution in [3.8, 4) is 5.75 Å². The molecule has 0 N–H and O–H groups in total. The topological polar surface area (TPSA) is 9.23 Å². The van der Waals surface area contributed by atoms with E-state index in [9.17, 15) is 0 Å². The minimum Gasteiger partial charge on any atom is -0.494 e. The molecule has 1 heteroatoms. The molecule has 1 aliphatic rings. The first kappa shape index (κ1) is 15.2.